The number of alkyl halides is 2. The fourth-order valence-electron chi connectivity index (χ4n) is 2.13. The molecule has 0 saturated carbocycles. The van der Waals surface area contributed by atoms with E-state index in [1.807, 2.05) is 0 Å². The average Bonchev–Trinajstić information content (AvgIpc) is 3.03. The molecular weight excluding hydrogens is 359 g/mol. The van der Waals surface area contributed by atoms with Crippen molar-refractivity contribution in [3.8, 4) is 5.69 Å². The first kappa shape index (κ1) is 15.3. The molecule has 0 aliphatic carbocycles. The number of hydrogen-bond acceptors (Lipinski definition) is 3. The van der Waals surface area contributed by atoms with Gasteiger partial charge in [-0.05, 0) is 12.1 Å². The molecule has 3 rings (SSSR count). The van der Waals surface area contributed by atoms with Crippen LogP contribution in [0.3, 0.4) is 0 Å². The van der Waals surface area contributed by atoms with Crippen molar-refractivity contribution in [3.05, 3.63) is 41.3 Å². The Bertz CT molecular complexity index is 966. The van der Waals surface area contributed by atoms with Crippen LogP contribution in [-0.2, 0) is 9.05 Å². The lowest BCUT2D eigenvalue weighted by atomic mass is 10.2. The molecule has 2 aromatic heterocycles. The molecule has 0 unspecified atom stereocenters. The summed E-state index contributed by atoms with van der Waals surface area (Å²) in [6, 6.07) is 2.92. The first-order valence-electron chi connectivity index (χ1n) is 5.86. The Morgan fingerprint density at radius 3 is 2.64 bits per heavy atom. The quantitative estimate of drug-likeness (QED) is 0.716. The number of benzene rings is 1. The molecule has 2 heterocycles. The zero-order chi connectivity index (χ0) is 16.1. The van der Waals surface area contributed by atoms with Crippen LogP contribution in [0.4, 0.5) is 8.78 Å². The minimum absolute atomic E-state index is 0.122. The van der Waals surface area contributed by atoms with E-state index in [1.54, 1.807) is 0 Å². The van der Waals surface area contributed by atoms with E-state index in [9.17, 15) is 17.2 Å². The lowest BCUT2D eigenvalue weighted by molar-refractivity contribution is 0.151. The van der Waals surface area contributed by atoms with Crippen LogP contribution in [0.15, 0.2) is 35.6 Å². The van der Waals surface area contributed by atoms with Gasteiger partial charge in [-0.1, -0.05) is 11.6 Å². The fraction of sp³-hybridized carbons (Fsp3) is 0.0833. The average molecular weight is 366 g/mol. The number of halogens is 4. The van der Waals surface area contributed by atoms with E-state index in [-0.39, 0.29) is 21.2 Å². The molecule has 0 amide bonds. The van der Waals surface area contributed by atoms with Gasteiger partial charge < -0.3 is 4.98 Å². The zero-order valence-corrected chi connectivity index (χ0v) is 12.9. The predicted octanol–water partition coefficient (Wildman–Crippen LogP) is 3.87. The molecule has 116 valence electrons. The van der Waals surface area contributed by atoms with Crippen molar-refractivity contribution in [3.63, 3.8) is 0 Å². The van der Waals surface area contributed by atoms with E-state index < -0.39 is 15.5 Å². The van der Waals surface area contributed by atoms with E-state index in [2.05, 4.69) is 10.1 Å². The Morgan fingerprint density at radius 1 is 1.32 bits per heavy atom. The van der Waals surface area contributed by atoms with Crippen molar-refractivity contribution in [2.45, 2.75) is 11.3 Å². The second-order valence-electron chi connectivity index (χ2n) is 4.43. The largest absolute Gasteiger partial charge is 0.358 e. The van der Waals surface area contributed by atoms with Crippen LogP contribution in [-0.4, -0.2) is 23.2 Å². The molecule has 1 aromatic carbocycles. The summed E-state index contributed by atoms with van der Waals surface area (Å²) in [6.45, 7) is 0. The van der Waals surface area contributed by atoms with Crippen molar-refractivity contribution in [2.24, 2.45) is 0 Å². The number of H-pyrrole nitrogens is 1. The normalized spacial score (nSPS) is 12.4. The van der Waals surface area contributed by atoms with Crippen LogP contribution in [0.5, 0.6) is 0 Å². The van der Waals surface area contributed by atoms with E-state index in [0.717, 1.165) is 17.1 Å². The van der Waals surface area contributed by atoms with Gasteiger partial charge in [-0.15, -0.1) is 0 Å². The van der Waals surface area contributed by atoms with Crippen LogP contribution in [0.25, 0.3) is 16.6 Å². The summed E-state index contributed by atoms with van der Waals surface area (Å²) >= 11 is 6.10. The number of aromatic nitrogens is 3. The highest BCUT2D eigenvalue weighted by Crippen LogP contribution is 2.34. The number of nitrogens with zero attached hydrogens (tertiary/aromatic N) is 2. The third-order valence-electron chi connectivity index (χ3n) is 3.09. The minimum atomic E-state index is -3.96. The fourth-order valence-corrected chi connectivity index (χ4v) is 3.39. The van der Waals surface area contributed by atoms with Crippen molar-refractivity contribution in [1.82, 2.24) is 14.8 Å². The Balaban J connectivity index is 2.29. The van der Waals surface area contributed by atoms with Gasteiger partial charge in [0.25, 0.3) is 15.5 Å². The van der Waals surface area contributed by atoms with Gasteiger partial charge in [0.2, 0.25) is 0 Å². The van der Waals surface area contributed by atoms with Gasteiger partial charge in [0, 0.05) is 28.5 Å². The summed E-state index contributed by atoms with van der Waals surface area (Å²) < 4.78 is 49.6. The first-order chi connectivity index (χ1) is 10.3. The smallest absolute Gasteiger partial charge is 0.266 e. The van der Waals surface area contributed by atoms with E-state index in [1.165, 1.54) is 18.3 Å². The van der Waals surface area contributed by atoms with Gasteiger partial charge in [0.05, 0.1) is 22.3 Å². The standard InChI is InChI=1S/C12H7Cl2F2N3O2S/c13-8-2-1-7-9(22(14,20)21)4-17-10(7)11(8)19-5-6(3-18-19)12(15)16/h1-5,12,17H. The molecule has 1 N–H and O–H groups in total. The molecule has 10 heteroatoms. The highest BCUT2D eigenvalue weighted by Gasteiger charge is 2.21. The monoisotopic (exact) mass is 365 g/mol. The summed E-state index contributed by atoms with van der Waals surface area (Å²) in [5, 5.41) is 4.35. The molecule has 3 aromatic rings. The van der Waals surface area contributed by atoms with Crippen LogP contribution >= 0.6 is 22.3 Å². The lowest BCUT2D eigenvalue weighted by Crippen LogP contribution is -1.97. The summed E-state index contributed by atoms with van der Waals surface area (Å²) in [5.41, 5.74) is 0.318. The number of aromatic amines is 1. The molecule has 0 fully saturated rings. The number of hydrogen-bond donors (Lipinski definition) is 1. The van der Waals surface area contributed by atoms with Gasteiger partial charge in [-0.25, -0.2) is 21.9 Å². The Hall–Kier alpha value is -1.64. The molecular formula is C12H7Cl2F2N3O2S. The third kappa shape index (κ3) is 2.47. The molecule has 0 radical (unpaired) electrons. The maximum absolute atomic E-state index is 12.7. The van der Waals surface area contributed by atoms with Crippen molar-refractivity contribution in [2.75, 3.05) is 0 Å². The minimum Gasteiger partial charge on any atom is -0.358 e. The number of nitrogens with one attached hydrogen (secondary N) is 1. The van der Waals surface area contributed by atoms with E-state index in [0.29, 0.717) is 10.9 Å². The van der Waals surface area contributed by atoms with Crippen LogP contribution in [0.1, 0.15) is 12.0 Å². The molecule has 0 aliphatic rings. The van der Waals surface area contributed by atoms with Gasteiger partial charge in [-0.3, -0.25) is 0 Å². The van der Waals surface area contributed by atoms with Crippen LogP contribution in [0, 0.1) is 0 Å². The SMILES string of the molecule is O=S(=O)(Cl)c1c[nH]c2c(-n3cc(C(F)F)cn3)c(Cl)ccc12. The van der Waals surface area contributed by atoms with Gasteiger partial charge in [0.1, 0.15) is 10.6 Å². The zero-order valence-electron chi connectivity index (χ0n) is 10.6. The molecule has 0 atom stereocenters. The maximum Gasteiger partial charge on any atom is 0.266 e. The Morgan fingerprint density at radius 2 is 2.05 bits per heavy atom. The van der Waals surface area contributed by atoms with Gasteiger partial charge in [0.15, 0.2) is 0 Å². The van der Waals surface area contributed by atoms with Gasteiger partial charge in [-0.2, -0.15) is 5.10 Å². The maximum atomic E-state index is 12.7. The summed E-state index contributed by atoms with van der Waals surface area (Å²) in [6.07, 6.45) is 0.682. The van der Waals surface area contributed by atoms with E-state index in [4.69, 9.17) is 22.3 Å². The third-order valence-corrected chi connectivity index (χ3v) is 4.75. The number of fused-ring (bicyclic) bond motifs is 1. The topological polar surface area (TPSA) is 67.8 Å². The first-order valence-corrected chi connectivity index (χ1v) is 8.55. The van der Waals surface area contributed by atoms with Crippen LogP contribution < -0.4 is 0 Å². The van der Waals surface area contributed by atoms with Crippen molar-refractivity contribution < 1.29 is 17.2 Å². The van der Waals surface area contributed by atoms with E-state index >= 15 is 0 Å². The Kier molecular flexibility index (Phi) is 3.62. The molecule has 0 bridgehead atoms. The van der Waals surface area contributed by atoms with Crippen LogP contribution in [0.2, 0.25) is 5.02 Å². The Labute approximate surface area is 132 Å². The molecule has 5 nitrogen and oxygen atoms in total. The highest BCUT2D eigenvalue weighted by atomic mass is 35.7. The summed E-state index contributed by atoms with van der Waals surface area (Å²) in [5.74, 6) is 0. The lowest BCUT2D eigenvalue weighted by Gasteiger charge is -2.06. The predicted molar refractivity (Wildman–Crippen MR) is 78.4 cm³/mol. The van der Waals surface area contributed by atoms with Gasteiger partial charge >= 0.3 is 0 Å². The molecule has 0 aliphatic heterocycles. The van der Waals surface area contributed by atoms with Crippen molar-refractivity contribution in [1.29, 1.82) is 0 Å². The summed E-state index contributed by atoms with van der Waals surface area (Å²) in [4.78, 5) is 2.62. The molecule has 0 saturated heterocycles. The summed E-state index contributed by atoms with van der Waals surface area (Å²) in [7, 11) is 1.40. The molecule has 0 spiro atoms. The molecule has 22 heavy (non-hydrogen) atoms. The number of rotatable bonds is 3. The second-order valence-corrected chi connectivity index (χ2v) is 7.37. The van der Waals surface area contributed by atoms with Crippen molar-refractivity contribution >= 4 is 42.2 Å². The highest BCUT2D eigenvalue weighted by molar-refractivity contribution is 8.14. The second kappa shape index (κ2) is 5.22.